The van der Waals surface area contributed by atoms with Crippen LogP contribution in [0.3, 0.4) is 0 Å². The number of piperidine rings is 1. The van der Waals surface area contributed by atoms with Gasteiger partial charge in [-0.15, -0.1) is 5.10 Å². The molecule has 2 aliphatic heterocycles. The first kappa shape index (κ1) is 27.5. The maximum Gasteiger partial charge on any atom is 0.276 e. The number of nitrogens with one attached hydrogen (secondary N) is 2. The van der Waals surface area contributed by atoms with E-state index in [9.17, 15) is 14.4 Å². The molecule has 0 aliphatic carbocycles. The van der Waals surface area contributed by atoms with E-state index >= 15 is 0 Å². The molecule has 1 saturated heterocycles. The van der Waals surface area contributed by atoms with Gasteiger partial charge < -0.3 is 20.1 Å². The molecule has 1 spiro atoms. The second-order valence-electron chi connectivity index (χ2n) is 11.4. The van der Waals surface area contributed by atoms with Crippen LogP contribution in [0.1, 0.15) is 60.6 Å². The Morgan fingerprint density at radius 1 is 1.15 bits per heavy atom. The minimum absolute atomic E-state index is 0.203. The second kappa shape index (κ2) is 12.0. The second-order valence-corrected chi connectivity index (χ2v) is 11.4. The SMILES string of the molecule is CC(C)Cc1cc(C(=O)N2CCC3(CC2)Cc2cn(nn2)CCCNC(=O)[C@H](Cc2ccccc2)NC3=O)no1. The average molecular weight is 548 g/mol. The van der Waals surface area contributed by atoms with Gasteiger partial charge in [-0.3, -0.25) is 19.1 Å². The van der Waals surface area contributed by atoms with Gasteiger partial charge in [-0.05, 0) is 30.7 Å². The number of nitrogens with zero attached hydrogens (tertiary/aromatic N) is 5. The van der Waals surface area contributed by atoms with Gasteiger partial charge in [0.05, 0.1) is 11.1 Å². The maximum atomic E-state index is 14.0. The zero-order chi connectivity index (χ0) is 28.1. The Morgan fingerprint density at radius 3 is 2.67 bits per heavy atom. The molecule has 4 heterocycles. The summed E-state index contributed by atoms with van der Waals surface area (Å²) in [5, 5.41) is 18.6. The molecule has 1 aromatic carbocycles. The molecule has 1 fully saturated rings. The highest BCUT2D eigenvalue weighted by Crippen LogP contribution is 2.36. The van der Waals surface area contributed by atoms with E-state index in [0.29, 0.717) is 76.4 Å². The summed E-state index contributed by atoms with van der Waals surface area (Å²) in [6.07, 6.45) is 4.90. The van der Waals surface area contributed by atoms with Gasteiger partial charge in [-0.2, -0.15) is 0 Å². The lowest BCUT2D eigenvalue weighted by atomic mass is 9.73. The molecule has 11 nitrogen and oxygen atoms in total. The summed E-state index contributed by atoms with van der Waals surface area (Å²) in [7, 11) is 0. The van der Waals surface area contributed by atoms with Gasteiger partial charge in [0.15, 0.2) is 5.69 Å². The van der Waals surface area contributed by atoms with E-state index in [1.54, 1.807) is 15.6 Å². The first-order valence-corrected chi connectivity index (χ1v) is 14.1. The van der Waals surface area contributed by atoms with Crippen LogP contribution in [0.15, 0.2) is 47.1 Å². The van der Waals surface area contributed by atoms with Crippen LogP contribution in [0.25, 0.3) is 0 Å². The third-order valence-electron chi connectivity index (χ3n) is 7.75. The van der Waals surface area contributed by atoms with Gasteiger partial charge in [-0.25, -0.2) is 0 Å². The molecule has 40 heavy (non-hydrogen) atoms. The van der Waals surface area contributed by atoms with Gasteiger partial charge in [0.1, 0.15) is 11.8 Å². The van der Waals surface area contributed by atoms with Crippen LogP contribution in [0, 0.1) is 11.3 Å². The fraction of sp³-hybridized carbons (Fsp3) is 0.517. The number of rotatable bonds is 5. The summed E-state index contributed by atoms with van der Waals surface area (Å²) >= 11 is 0. The summed E-state index contributed by atoms with van der Waals surface area (Å²) in [6, 6.07) is 10.7. The van der Waals surface area contributed by atoms with Crippen LogP contribution in [0.4, 0.5) is 0 Å². The fourth-order valence-electron chi connectivity index (χ4n) is 5.52. The summed E-state index contributed by atoms with van der Waals surface area (Å²) in [5.41, 5.74) is 1.14. The molecule has 3 amide bonds. The Morgan fingerprint density at radius 2 is 1.93 bits per heavy atom. The zero-order valence-corrected chi connectivity index (χ0v) is 23.1. The van der Waals surface area contributed by atoms with Crippen molar-refractivity contribution in [2.24, 2.45) is 11.3 Å². The normalized spacial score (nSPS) is 19.9. The lowest BCUT2D eigenvalue weighted by Gasteiger charge is -2.40. The third-order valence-corrected chi connectivity index (χ3v) is 7.75. The number of likely N-dealkylation sites (tertiary alicyclic amines) is 1. The van der Waals surface area contributed by atoms with Gasteiger partial charge in [-0.1, -0.05) is 54.5 Å². The zero-order valence-electron chi connectivity index (χ0n) is 23.1. The van der Waals surface area contributed by atoms with Crippen molar-refractivity contribution in [2.45, 2.75) is 65.0 Å². The van der Waals surface area contributed by atoms with Crippen molar-refractivity contribution >= 4 is 17.7 Å². The summed E-state index contributed by atoms with van der Waals surface area (Å²) < 4.78 is 7.13. The maximum absolute atomic E-state index is 14.0. The van der Waals surface area contributed by atoms with Crippen LogP contribution in [0.5, 0.6) is 0 Å². The van der Waals surface area contributed by atoms with Crippen LogP contribution < -0.4 is 10.6 Å². The van der Waals surface area contributed by atoms with E-state index in [1.807, 2.05) is 36.5 Å². The van der Waals surface area contributed by atoms with Gasteiger partial charge >= 0.3 is 0 Å². The van der Waals surface area contributed by atoms with Crippen molar-refractivity contribution in [3.63, 3.8) is 0 Å². The quantitative estimate of drug-likeness (QED) is 0.500. The van der Waals surface area contributed by atoms with E-state index in [-0.39, 0.29) is 23.4 Å². The monoisotopic (exact) mass is 547 g/mol. The molecular formula is C29H37N7O4. The van der Waals surface area contributed by atoms with Crippen LogP contribution >= 0.6 is 0 Å². The molecular weight excluding hydrogens is 510 g/mol. The topological polar surface area (TPSA) is 135 Å². The Bertz CT molecular complexity index is 1320. The van der Waals surface area contributed by atoms with Crippen molar-refractivity contribution in [3.05, 3.63) is 65.3 Å². The van der Waals surface area contributed by atoms with E-state index in [1.165, 1.54) is 0 Å². The lowest BCUT2D eigenvalue weighted by Crippen LogP contribution is -2.56. The van der Waals surface area contributed by atoms with Crippen LogP contribution in [-0.2, 0) is 35.4 Å². The fourth-order valence-corrected chi connectivity index (χ4v) is 5.52. The van der Waals surface area contributed by atoms with Crippen molar-refractivity contribution in [1.82, 2.24) is 35.7 Å². The molecule has 0 unspecified atom stereocenters. The summed E-state index contributed by atoms with van der Waals surface area (Å²) in [6.45, 7) is 6.00. The van der Waals surface area contributed by atoms with Gasteiger partial charge in [0.2, 0.25) is 11.8 Å². The number of aryl methyl sites for hydroxylation is 1. The average Bonchev–Trinajstić information content (AvgIpc) is 3.60. The number of benzene rings is 1. The van der Waals surface area contributed by atoms with E-state index in [0.717, 1.165) is 11.3 Å². The molecule has 1 atom stereocenters. The summed E-state index contributed by atoms with van der Waals surface area (Å²) in [4.78, 5) is 42.2. The number of hydrogen-bond acceptors (Lipinski definition) is 7. The number of fused-ring (bicyclic) bond motifs is 2. The van der Waals surface area contributed by atoms with Crippen molar-refractivity contribution in [1.29, 1.82) is 0 Å². The molecule has 212 valence electrons. The van der Waals surface area contributed by atoms with E-state index in [4.69, 9.17) is 4.52 Å². The Hall–Kier alpha value is -4.02. The molecule has 0 radical (unpaired) electrons. The lowest BCUT2D eigenvalue weighted by molar-refractivity contribution is -0.137. The highest BCUT2D eigenvalue weighted by Gasteiger charge is 2.44. The first-order chi connectivity index (χ1) is 19.3. The molecule has 11 heteroatoms. The molecule has 2 N–H and O–H groups in total. The minimum atomic E-state index is -0.840. The third kappa shape index (κ3) is 6.40. The number of aromatic nitrogens is 4. The van der Waals surface area contributed by atoms with Gasteiger partial charge in [0, 0.05) is 57.7 Å². The molecule has 2 aliphatic rings. The predicted molar refractivity (Wildman–Crippen MR) is 146 cm³/mol. The number of carbonyl (C=O) groups excluding carboxylic acids is 3. The molecule has 3 aromatic rings. The molecule has 2 aromatic heterocycles. The van der Waals surface area contributed by atoms with Crippen molar-refractivity contribution < 1.29 is 18.9 Å². The number of amides is 3. The standard InChI is InChI=1S/C29H37N7O4/c1-20(2)15-23-17-25(33-40-23)27(38)35-13-9-29(10-14-35)18-22-19-36(34-32-22)12-6-11-30-26(37)24(31-28(29)39)16-21-7-4-3-5-8-21/h3-5,7-8,17,19-20,24H,6,9-16,18H2,1-2H3,(H,30,37)(H,31,39)/t24-/m0/s1. The Balaban J connectivity index is 1.36. The van der Waals surface area contributed by atoms with Crippen molar-refractivity contribution in [2.75, 3.05) is 19.6 Å². The van der Waals surface area contributed by atoms with Crippen LogP contribution in [-0.4, -0.2) is 68.4 Å². The summed E-state index contributed by atoms with van der Waals surface area (Å²) in [5.74, 6) is 0.463. The minimum Gasteiger partial charge on any atom is -0.361 e. The molecule has 5 rings (SSSR count). The number of carbonyl (C=O) groups is 3. The predicted octanol–water partition coefficient (Wildman–Crippen LogP) is 2.18. The molecule has 0 saturated carbocycles. The van der Waals surface area contributed by atoms with Gasteiger partial charge in [0.25, 0.3) is 5.91 Å². The smallest absolute Gasteiger partial charge is 0.276 e. The highest BCUT2D eigenvalue weighted by molar-refractivity contribution is 5.93. The Labute approximate surface area is 233 Å². The van der Waals surface area contributed by atoms with Crippen molar-refractivity contribution in [3.8, 4) is 0 Å². The van der Waals surface area contributed by atoms with E-state index in [2.05, 4.69) is 39.9 Å². The largest absolute Gasteiger partial charge is 0.361 e. The number of hydrogen-bond donors (Lipinski definition) is 2. The Kier molecular flexibility index (Phi) is 8.27. The highest BCUT2D eigenvalue weighted by atomic mass is 16.5. The first-order valence-electron chi connectivity index (χ1n) is 14.1. The van der Waals surface area contributed by atoms with Crippen LogP contribution in [0.2, 0.25) is 0 Å². The van der Waals surface area contributed by atoms with E-state index < -0.39 is 11.5 Å². The molecule has 2 bridgehead atoms.